The lowest BCUT2D eigenvalue weighted by molar-refractivity contribution is -0.211. The number of pyridine rings is 1. The molecule has 11 nitrogen and oxygen atoms in total. The molecular formula is C25H34ClF5N6O5S. The van der Waals surface area contributed by atoms with E-state index in [1.807, 2.05) is 0 Å². The Bertz CT molecular complexity index is 1380. The number of aromatic nitrogens is 3. The second kappa shape index (κ2) is 14.0. The zero-order chi connectivity index (χ0) is 32.2. The molecule has 1 fully saturated rings. The van der Waals surface area contributed by atoms with E-state index in [1.165, 1.54) is 9.57 Å². The summed E-state index contributed by atoms with van der Waals surface area (Å²) in [5, 5.41) is 18.3. The van der Waals surface area contributed by atoms with E-state index in [4.69, 9.17) is 16.8 Å². The number of ether oxygens (including phenoxy) is 1. The van der Waals surface area contributed by atoms with Crippen LogP contribution in [0.25, 0.3) is 11.3 Å². The lowest BCUT2D eigenvalue weighted by Gasteiger charge is -2.29. The van der Waals surface area contributed by atoms with Crippen LogP contribution in [0.15, 0.2) is 12.3 Å². The van der Waals surface area contributed by atoms with Gasteiger partial charge >= 0.3 is 12.8 Å². The minimum Gasteiger partial charge on any atom is -0.434 e. The highest BCUT2D eigenvalue weighted by Crippen LogP contribution is 2.42. The molecule has 0 radical (unpaired) electrons. The summed E-state index contributed by atoms with van der Waals surface area (Å²) in [5.74, 6) is -1.42. The first-order chi connectivity index (χ1) is 20.0. The van der Waals surface area contributed by atoms with Crippen molar-refractivity contribution < 1.29 is 45.1 Å². The predicted molar refractivity (Wildman–Crippen MR) is 146 cm³/mol. The van der Waals surface area contributed by atoms with Gasteiger partial charge < -0.3 is 15.3 Å². The van der Waals surface area contributed by atoms with Crippen LogP contribution >= 0.6 is 11.6 Å². The predicted octanol–water partition coefficient (Wildman–Crippen LogP) is 4.50. The normalized spacial score (nSPS) is 18.2. The summed E-state index contributed by atoms with van der Waals surface area (Å²) in [7, 11) is -3.81. The van der Waals surface area contributed by atoms with Crippen LogP contribution in [0.3, 0.4) is 0 Å². The van der Waals surface area contributed by atoms with Crippen LogP contribution in [0, 0.1) is 11.3 Å². The molecule has 4 N–H and O–H groups in total. The van der Waals surface area contributed by atoms with Gasteiger partial charge in [0.1, 0.15) is 11.6 Å². The van der Waals surface area contributed by atoms with E-state index in [9.17, 15) is 35.2 Å². The van der Waals surface area contributed by atoms with Gasteiger partial charge in [0.05, 0.1) is 21.7 Å². The van der Waals surface area contributed by atoms with Gasteiger partial charge in [0.15, 0.2) is 5.69 Å². The average molecular weight is 661 g/mol. The average Bonchev–Trinajstić information content (AvgIpc) is 3.26. The summed E-state index contributed by atoms with van der Waals surface area (Å²) in [6.07, 6.45) is -1.43. The Morgan fingerprint density at radius 3 is 2.44 bits per heavy atom. The Hall–Kier alpha value is -2.60. The van der Waals surface area contributed by atoms with Gasteiger partial charge in [-0.3, -0.25) is 19.8 Å². The van der Waals surface area contributed by atoms with E-state index in [2.05, 4.69) is 25.5 Å². The number of hydrogen-bond donors (Lipinski definition) is 4. The lowest BCUT2D eigenvalue weighted by atomic mass is 9.86. The second-order valence-corrected chi connectivity index (χ2v) is 13.0. The molecule has 2 heterocycles. The smallest absolute Gasteiger partial charge is 0.394 e. The highest BCUT2D eigenvalue weighted by molar-refractivity contribution is 7.89. The van der Waals surface area contributed by atoms with Gasteiger partial charge in [-0.05, 0) is 38.5 Å². The van der Waals surface area contributed by atoms with Gasteiger partial charge in [0.25, 0.3) is 5.91 Å². The molecule has 0 aliphatic heterocycles. The first-order valence-electron chi connectivity index (χ1n) is 13.4. The monoisotopic (exact) mass is 660 g/mol. The fraction of sp³-hybridized carbons (Fsp3) is 0.640. The van der Waals surface area contributed by atoms with Crippen LogP contribution in [0.4, 0.5) is 22.0 Å². The fourth-order valence-corrected chi connectivity index (χ4v) is 5.56. The third-order valence-corrected chi connectivity index (χ3v) is 8.48. The Morgan fingerprint density at radius 1 is 1.23 bits per heavy atom. The van der Waals surface area contributed by atoms with Crippen LogP contribution in [0.5, 0.6) is 5.75 Å². The molecule has 0 spiro atoms. The Morgan fingerprint density at radius 2 is 1.88 bits per heavy atom. The molecule has 0 bridgehead atoms. The fourth-order valence-electron chi connectivity index (χ4n) is 4.72. The third kappa shape index (κ3) is 8.97. The lowest BCUT2D eigenvalue weighted by Crippen LogP contribution is -2.41. The second-order valence-electron chi connectivity index (χ2n) is 10.9. The Balaban J connectivity index is 1.76. The number of hydrogen-bond acceptors (Lipinski definition) is 8. The largest absolute Gasteiger partial charge is 0.434 e. The summed E-state index contributed by atoms with van der Waals surface area (Å²) >= 11 is 6.53. The molecule has 2 aromatic heterocycles. The molecule has 0 atom stereocenters. The van der Waals surface area contributed by atoms with Crippen molar-refractivity contribution in [2.45, 2.75) is 78.2 Å². The standard InChI is InChI=1S/C25H34ClF5N6O5S/c1-4-37-21(17-12-32-16(9-18(17)42-23(27)28)10-24(2,3)25(29,30)31)19(26)20(35-37)22(38)33-11-14-5-7-15(8-6-14)34-13-43(40,41)36-39/h9,12,14-15,23,34,36,39H,4-8,10-11,13H2,1-3H3,(H,33,38). The Labute approximate surface area is 250 Å². The van der Waals surface area contributed by atoms with Gasteiger partial charge in [-0.1, -0.05) is 30.3 Å². The number of alkyl halides is 5. The zero-order valence-corrected chi connectivity index (χ0v) is 25.2. The van der Waals surface area contributed by atoms with Crippen molar-refractivity contribution in [2.24, 2.45) is 11.3 Å². The molecule has 0 saturated heterocycles. The molecule has 242 valence electrons. The van der Waals surface area contributed by atoms with E-state index in [-0.39, 0.29) is 52.7 Å². The van der Waals surface area contributed by atoms with Crippen LogP contribution in [0.1, 0.15) is 62.6 Å². The van der Waals surface area contributed by atoms with Gasteiger partial charge in [-0.2, -0.15) is 27.1 Å². The van der Waals surface area contributed by atoms with E-state index in [0.29, 0.717) is 25.7 Å². The minimum atomic E-state index is -4.57. The van der Waals surface area contributed by atoms with Crippen molar-refractivity contribution in [3.05, 3.63) is 28.7 Å². The van der Waals surface area contributed by atoms with Crippen molar-refractivity contribution in [1.82, 2.24) is 30.3 Å². The van der Waals surface area contributed by atoms with Crippen molar-refractivity contribution in [3.8, 4) is 17.0 Å². The van der Waals surface area contributed by atoms with Crippen LogP contribution < -0.4 is 20.3 Å². The van der Waals surface area contributed by atoms with Crippen LogP contribution in [-0.2, 0) is 23.0 Å². The molecule has 43 heavy (non-hydrogen) atoms. The molecule has 1 aliphatic carbocycles. The summed E-state index contributed by atoms with van der Waals surface area (Å²) in [6, 6.07) is 0.926. The molecule has 18 heteroatoms. The zero-order valence-electron chi connectivity index (χ0n) is 23.6. The first kappa shape index (κ1) is 34.9. The number of sulfonamides is 1. The maximum atomic E-state index is 13.4. The van der Waals surface area contributed by atoms with Gasteiger partial charge in [0, 0.05) is 43.5 Å². The highest BCUT2D eigenvalue weighted by atomic mass is 35.5. The molecule has 3 rings (SSSR count). The number of carbonyl (C=O) groups excluding carboxylic acids is 1. The molecule has 0 aromatic carbocycles. The summed E-state index contributed by atoms with van der Waals surface area (Å²) in [6.45, 7) is 0.747. The summed E-state index contributed by atoms with van der Waals surface area (Å²) in [5.41, 5.74) is -2.53. The molecule has 1 amide bonds. The summed E-state index contributed by atoms with van der Waals surface area (Å²) < 4.78 is 95.5. The van der Waals surface area contributed by atoms with Crippen LogP contribution in [0.2, 0.25) is 5.02 Å². The van der Waals surface area contributed by atoms with E-state index < -0.39 is 52.2 Å². The van der Waals surface area contributed by atoms with E-state index in [0.717, 1.165) is 26.1 Å². The number of aryl methyl sites for hydroxylation is 1. The Kier molecular flexibility index (Phi) is 11.4. The molecule has 1 aliphatic rings. The van der Waals surface area contributed by atoms with Gasteiger partial charge in [-0.15, -0.1) is 0 Å². The molecule has 0 unspecified atom stereocenters. The number of carbonyl (C=O) groups is 1. The minimum absolute atomic E-state index is 0.0398. The van der Waals surface area contributed by atoms with Gasteiger partial charge in [-0.25, -0.2) is 8.42 Å². The van der Waals surface area contributed by atoms with Crippen molar-refractivity contribution >= 4 is 27.5 Å². The van der Waals surface area contributed by atoms with Crippen molar-refractivity contribution in [3.63, 3.8) is 0 Å². The number of halogens is 6. The van der Waals surface area contributed by atoms with Crippen molar-refractivity contribution in [1.29, 1.82) is 0 Å². The van der Waals surface area contributed by atoms with Crippen LogP contribution in [-0.4, -0.2) is 65.5 Å². The summed E-state index contributed by atoms with van der Waals surface area (Å²) in [4.78, 5) is 18.3. The van der Waals surface area contributed by atoms with E-state index in [1.54, 1.807) is 6.92 Å². The number of rotatable bonds is 13. The number of amides is 1. The highest BCUT2D eigenvalue weighted by Gasteiger charge is 2.47. The SMILES string of the molecule is CCn1nc(C(=O)NCC2CCC(NCS(=O)(=O)NO)CC2)c(Cl)c1-c1cnc(CC(C)(C)C(F)(F)F)cc1OC(F)F. The third-order valence-electron chi connectivity index (χ3n) is 7.29. The van der Waals surface area contributed by atoms with Gasteiger partial charge in [0.2, 0.25) is 10.0 Å². The molecular weight excluding hydrogens is 627 g/mol. The topological polar surface area (TPSA) is 147 Å². The molecule has 1 saturated carbocycles. The number of nitrogens with zero attached hydrogens (tertiary/aromatic N) is 3. The van der Waals surface area contributed by atoms with E-state index >= 15 is 0 Å². The number of nitrogens with one attached hydrogen (secondary N) is 3. The first-order valence-corrected chi connectivity index (χ1v) is 15.4. The maximum absolute atomic E-state index is 13.4. The maximum Gasteiger partial charge on any atom is 0.394 e. The molecule has 2 aromatic rings. The van der Waals surface area contributed by atoms with Crippen molar-refractivity contribution in [2.75, 3.05) is 12.4 Å². The quantitative estimate of drug-likeness (QED) is 0.182.